The van der Waals surface area contributed by atoms with Gasteiger partial charge in [0.2, 0.25) is 0 Å². The molecule has 1 heterocycles. The summed E-state index contributed by atoms with van der Waals surface area (Å²) in [5.74, 6) is 1.44. The molecule has 1 fully saturated rings. The third-order valence-electron chi connectivity index (χ3n) is 5.36. The van der Waals surface area contributed by atoms with E-state index < -0.39 is 0 Å². The average Bonchev–Trinajstić information content (AvgIpc) is 2.67. The van der Waals surface area contributed by atoms with Crippen molar-refractivity contribution in [3.8, 4) is 0 Å². The molecule has 0 amide bonds. The van der Waals surface area contributed by atoms with E-state index in [9.17, 15) is 0 Å². The SMILES string of the molecule is CC(C)CNCc1cncn1CC1C(C)(C)C1(C)C. The van der Waals surface area contributed by atoms with Gasteiger partial charge in [0, 0.05) is 19.3 Å². The number of nitrogens with one attached hydrogen (secondary N) is 1. The van der Waals surface area contributed by atoms with E-state index in [1.165, 1.54) is 5.69 Å². The van der Waals surface area contributed by atoms with Crippen LogP contribution in [0.25, 0.3) is 0 Å². The van der Waals surface area contributed by atoms with Crippen molar-refractivity contribution in [2.75, 3.05) is 6.54 Å². The fourth-order valence-electron chi connectivity index (χ4n) is 3.13. The van der Waals surface area contributed by atoms with E-state index in [2.05, 4.69) is 56.4 Å². The molecule has 1 saturated carbocycles. The average molecular weight is 263 g/mol. The highest BCUT2D eigenvalue weighted by Gasteiger charge is 2.64. The molecule has 0 atom stereocenters. The lowest BCUT2D eigenvalue weighted by atomic mass is 10.0. The highest BCUT2D eigenvalue weighted by Crippen LogP contribution is 2.68. The summed E-state index contributed by atoms with van der Waals surface area (Å²) in [6.07, 6.45) is 3.98. The van der Waals surface area contributed by atoms with Crippen LogP contribution in [0.1, 0.15) is 47.2 Å². The zero-order valence-corrected chi connectivity index (χ0v) is 13.3. The lowest BCUT2D eigenvalue weighted by molar-refractivity contribution is 0.457. The second kappa shape index (κ2) is 4.93. The van der Waals surface area contributed by atoms with Gasteiger partial charge in [-0.3, -0.25) is 0 Å². The molecular formula is C16H29N3. The topological polar surface area (TPSA) is 29.9 Å². The summed E-state index contributed by atoms with van der Waals surface area (Å²) in [5.41, 5.74) is 2.19. The van der Waals surface area contributed by atoms with Gasteiger partial charge in [-0.2, -0.15) is 0 Å². The Labute approximate surface area is 117 Å². The first-order chi connectivity index (χ1) is 8.76. The van der Waals surface area contributed by atoms with E-state index in [1.807, 2.05) is 12.5 Å². The second-order valence-electron chi connectivity index (χ2n) is 7.56. The first-order valence-electron chi connectivity index (χ1n) is 7.46. The second-order valence-corrected chi connectivity index (χ2v) is 7.56. The van der Waals surface area contributed by atoms with Gasteiger partial charge < -0.3 is 9.88 Å². The zero-order chi connectivity index (χ0) is 14.3. The number of rotatable bonds is 6. The number of hydrogen-bond donors (Lipinski definition) is 1. The molecule has 2 rings (SSSR count). The molecule has 1 N–H and O–H groups in total. The van der Waals surface area contributed by atoms with Crippen LogP contribution in [0.5, 0.6) is 0 Å². The Bertz CT molecular complexity index is 415. The molecular weight excluding hydrogens is 234 g/mol. The maximum Gasteiger partial charge on any atom is 0.0948 e. The summed E-state index contributed by atoms with van der Waals surface area (Å²) in [6, 6.07) is 0. The largest absolute Gasteiger partial charge is 0.333 e. The summed E-state index contributed by atoms with van der Waals surface area (Å²) >= 11 is 0. The number of nitrogens with zero attached hydrogens (tertiary/aromatic N) is 2. The molecule has 0 aliphatic heterocycles. The Morgan fingerprint density at radius 2 is 1.89 bits per heavy atom. The predicted octanol–water partition coefficient (Wildman–Crippen LogP) is 3.31. The van der Waals surface area contributed by atoms with Crippen molar-refractivity contribution in [3.63, 3.8) is 0 Å². The first-order valence-corrected chi connectivity index (χ1v) is 7.46. The van der Waals surface area contributed by atoms with E-state index in [0.717, 1.165) is 25.6 Å². The van der Waals surface area contributed by atoms with Gasteiger partial charge in [0.25, 0.3) is 0 Å². The normalized spacial score (nSPS) is 21.0. The van der Waals surface area contributed by atoms with Crippen molar-refractivity contribution in [3.05, 3.63) is 18.2 Å². The molecule has 0 unspecified atom stereocenters. The van der Waals surface area contributed by atoms with Gasteiger partial charge in [0.1, 0.15) is 0 Å². The van der Waals surface area contributed by atoms with E-state index >= 15 is 0 Å². The van der Waals surface area contributed by atoms with E-state index in [-0.39, 0.29) is 0 Å². The highest BCUT2D eigenvalue weighted by atomic mass is 15.1. The van der Waals surface area contributed by atoms with Crippen molar-refractivity contribution in [2.24, 2.45) is 22.7 Å². The van der Waals surface area contributed by atoms with Crippen molar-refractivity contribution in [1.29, 1.82) is 0 Å². The molecule has 108 valence electrons. The predicted molar refractivity (Wildman–Crippen MR) is 79.8 cm³/mol. The van der Waals surface area contributed by atoms with Crippen molar-refractivity contribution < 1.29 is 0 Å². The van der Waals surface area contributed by atoms with Crippen LogP contribution in [0.4, 0.5) is 0 Å². The Morgan fingerprint density at radius 3 is 2.42 bits per heavy atom. The molecule has 0 bridgehead atoms. The van der Waals surface area contributed by atoms with Crippen LogP contribution in [-0.2, 0) is 13.1 Å². The monoisotopic (exact) mass is 263 g/mol. The molecule has 19 heavy (non-hydrogen) atoms. The quantitative estimate of drug-likeness (QED) is 0.853. The standard InChI is InChI=1S/C16H29N3/c1-12(2)7-17-8-13-9-18-11-19(13)10-14-15(3,4)16(14,5)6/h9,11-12,14,17H,7-8,10H2,1-6H3. The Kier molecular flexibility index (Phi) is 3.78. The fourth-order valence-corrected chi connectivity index (χ4v) is 3.13. The molecule has 1 aromatic heterocycles. The van der Waals surface area contributed by atoms with Crippen molar-refractivity contribution in [1.82, 2.24) is 14.9 Å². The molecule has 3 heteroatoms. The maximum atomic E-state index is 4.32. The minimum Gasteiger partial charge on any atom is -0.333 e. The van der Waals surface area contributed by atoms with Gasteiger partial charge in [0.15, 0.2) is 0 Å². The van der Waals surface area contributed by atoms with Crippen molar-refractivity contribution in [2.45, 2.75) is 54.6 Å². The summed E-state index contributed by atoms with van der Waals surface area (Å²) in [4.78, 5) is 4.32. The summed E-state index contributed by atoms with van der Waals surface area (Å²) in [5, 5.41) is 3.50. The van der Waals surface area contributed by atoms with Gasteiger partial charge >= 0.3 is 0 Å². The molecule has 0 saturated heterocycles. The van der Waals surface area contributed by atoms with E-state index in [1.54, 1.807) is 0 Å². The Balaban J connectivity index is 1.94. The fraction of sp³-hybridized carbons (Fsp3) is 0.812. The summed E-state index contributed by atoms with van der Waals surface area (Å²) in [7, 11) is 0. The van der Waals surface area contributed by atoms with Crippen LogP contribution in [-0.4, -0.2) is 16.1 Å². The number of hydrogen-bond acceptors (Lipinski definition) is 2. The molecule has 1 aromatic rings. The van der Waals surface area contributed by atoms with E-state index in [4.69, 9.17) is 0 Å². The maximum absolute atomic E-state index is 4.32. The Morgan fingerprint density at radius 1 is 1.26 bits per heavy atom. The summed E-state index contributed by atoms with van der Waals surface area (Å²) in [6.45, 7) is 17.1. The third-order valence-corrected chi connectivity index (χ3v) is 5.36. The molecule has 0 spiro atoms. The van der Waals surface area contributed by atoms with Crippen LogP contribution in [0, 0.1) is 22.7 Å². The number of aromatic nitrogens is 2. The minimum atomic E-state index is 0.444. The van der Waals surface area contributed by atoms with Crippen molar-refractivity contribution >= 4 is 0 Å². The van der Waals surface area contributed by atoms with Gasteiger partial charge in [-0.15, -0.1) is 0 Å². The molecule has 1 aliphatic carbocycles. The molecule has 3 nitrogen and oxygen atoms in total. The minimum absolute atomic E-state index is 0.444. The highest BCUT2D eigenvalue weighted by molar-refractivity contribution is 5.13. The van der Waals surface area contributed by atoms with Gasteiger partial charge in [-0.25, -0.2) is 4.98 Å². The van der Waals surface area contributed by atoms with Crippen LogP contribution in [0.3, 0.4) is 0 Å². The van der Waals surface area contributed by atoms with Crippen LogP contribution in [0.2, 0.25) is 0 Å². The van der Waals surface area contributed by atoms with E-state index in [0.29, 0.717) is 16.7 Å². The number of imidazole rings is 1. The smallest absolute Gasteiger partial charge is 0.0948 e. The lowest BCUT2D eigenvalue weighted by Crippen LogP contribution is -2.21. The lowest BCUT2D eigenvalue weighted by Gasteiger charge is -2.11. The third kappa shape index (κ3) is 2.71. The Hall–Kier alpha value is -0.830. The summed E-state index contributed by atoms with van der Waals surface area (Å²) < 4.78 is 2.33. The van der Waals surface area contributed by atoms with Crippen LogP contribution >= 0.6 is 0 Å². The van der Waals surface area contributed by atoms with Crippen LogP contribution < -0.4 is 5.32 Å². The van der Waals surface area contributed by atoms with Gasteiger partial charge in [-0.05, 0) is 29.2 Å². The molecule has 0 radical (unpaired) electrons. The van der Waals surface area contributed by atoms with Crippen LogP contribution in [0.15, 0.2) is 12.5 Å². The first kappa shape index (κ1) is 14.6. The van der Waals surface area contributed by atoms with Gasteiger partial charge in [-0.1, -0.05) is 41.5 Å². The molecule has 1 aliphatic rings. The van der Waals surface area contributed by atoms with Gasteiger partial charge in [0.05, 0.1) is 12.0 Å². The zero-order valence-electron chi connectivity index (χ0n) is 13.3. The molecule has 0 aromatic carbocycles.